The highest BCUT2D eigenvalue weighted by Crippen LogP contribution is 2.31. The number of hydrogen-bond donors (Lipinski definition) is 1. The molecule has 142 valence electrons. The quantitative estimate of drug-likeness (QED) is 0.811. The van der Waals surface area contributed by atoms with Gasteiger partial charge in [-0.15, -0.1) is 0 Å². The Morgan fingerprint density at radius 3 is 2.78 bits per heavy atom. The van der Waals surface area contributed by atoms with Crippen molar-refractivity contribution in [1.82, 2.24) is 15.2 Å². The number of pyridine rings is 1. The van der Waals surface area contributed by atoms with Crippen molar-refractivity contribution in [3.8, 4) is 17.4 Å². The fourth-order valence-electron chi connectivity index (χ4n) is 2.91. The van der Waals surface area contributed by atoms with Gasteiger partial charge in [0.25, 0.3) is 0 Å². The summed E-state index contributed by atoms with van der Waals surface area (Å²) in [7, 11) is 1.57. The Bertz CT molecular complexity index is 809. The molecule has 0 unspecified atom stereocenters. The Morgan fingerprint density at radius 2 is 2.00 bits per heavy atom. The SMILES string of the molecule is COc1ccccc1Oc1ncccc1CNC(=O)CN1CCCCC1=O. The van der Waals surface area contributed by atoms with Gasteiger partial charge in [0, 0.05) is 31.3 Å². The van der Waals surface area contributed by atoms with Gasteiger partial charge in [-0.25, -0.2) is 4.98 Å². The van der Waals surface area contributed by atoms with Gasteiger partial charge in [0.2, 0.25) is 17.7 Å². The van der Waals surface area contributed by atoms with Crippen LogP contribution in [0.25, 0.3) is 0 Å². The topological polar surface area (TPSA) is 80.8 Å². The van der Waals surface area contributed by atoms with E-state index in [4.69, 9.17) is 9.47 Å². The highest BCUT2D eigenvalue weighted by molar-refractivity contribution is 5.85. The van der Waals surface area contributed by atoms with Crippen LogP contribution in [-0.4, -0.2) is 41.9 Å². The number of carbonyl (C=O) groups excluding carboxylic acids is 2. The first-order valence-electron chi connectivity index (χ1n) is 8.96. The molecule has 1 saturated heterocycles. The average Bonchev–Trinajstić information content (AvgIpc) is 2.69. The summed E-state index contributed by atoms with van der Waals surface area (Å²) >= 11 is 0. The molecule has 0 bridgehead atoms. The lowest BCUT2D eigenvalue weighted by Gasteiger charge is -2.26. The highest BCUT2D eigenvalue weighted by Gasteiger charge is 2.20. The molecule has 7 nitrogen and oxygen atoms in total. The van der Waals surface area contributed by atoms with Crippen LogP contribution in [0.1, 0.15) is 24.8 Å². The normalized spacial score (nSPS) is 14.0. The van der Waals surface area contributed by atoms with Crippen molar-refractivity contribution in [3.63, 3.8) is 0 Å². The molecule has 0 spiro atoms. The number of piperidine rings is 1. The smallest absolute Gasteiger partial charge is 0.239 e. The first-order chi connectivity index (χ1) is 13.2. The number of nitrogens with one attached hydrogen (secondary N) is 1. The van der Waals surface area contributed by atoms with E-state index in [1.807, 2.05) is 18.2 Å². The molecule has 2 heterocycles. The first-order valence-corrected chi connectivity index (χ1v) is 8.96. The van der Waals surface area contributed by atoms with Gasteiger partial charge < -0.3 is 19.7 Å². The highest BCUT2D eigenvalue weighted by atomic mass is 16.5. The monoisotopic (exact) mass is 369 g/mol. The van der Waals surface area contributed by atoms with E-state index >= 15 is 0 Å². The minimum Gasteiger partial charge on any atom is -0.493 e. The van der Waals surface area contributed by atoms with Crippen molar-refractivity contribution in [3.05, 3.63) is 48.2 Å². The van der Waals surface area contributed by atoms with Gasteiger partial charge in [-0.3, -0.25) is 9.59 Å². The first kappa shape index (κ1) is 18.7. The molecule has 3 rings (SSSR count). The van der Waals surface area contributed by atoms with Crippen molar-refractivity contribution in [2.45, 2.75) is 25.8 Å². The maximum Gasteiger partial charge on any atom is 0.239 e. The Kier molecular flexibility index (Phi) is 6.25. The predicted molar refractivity (Wildman–Crippen MR) is 99.6 cm³/mol. The predicted octanol–water partition coefficient (Wildman–Crippen LogP) is 2.51. The summed E-state index contributed by atoms with van der Waals surface area (Å²) in [5.74, 6) is 1.39. The van der Waals surface area contributed by atoms with Crippen LogP contribution in [0.2, 0.25) is 0 Å². The molecule has 1 aliphatic heterocycles. The van der Waals surface area contributed by atoms with Crippen molar-refractivity contribution >= 4 is 11.8 Å². The van der Waals surface area contributed by atoms with Gasteiger partial charge in [0.15, 0.2) is 11.5 Å². The molecule has 0 aliphatic carbocycles. The number of benzene rings is 1. The maximum absolute atomic E-state index is 12.2. The molecule has 7 heteroatoms. The molecular weight excluding hydrogens is 346 g/mol. The lowest BCUT2D eigenvalue weighted by atomic mass is 10.1. The van der Waals surface area contributed by atoms with Gasteiger partial charge in [0.1, 0.15) is 0 Å². The number of carbonyl (C=O) groups is 2. The van der Waals surface area contributed by atoms with Crippen LogP contribution < -0.4 is 14.8 Å². The van der Waals surface area contributed by atoms with Crippen LogP contribution in [0.4, 0.5) is 0 Å². The van der Waals surface area contributed by atoms with Crippen LogP contribution in [0, 0.1) is 0 Å². The van der Waals surface area contributed by atoms with Crippen LogP contribution in [0.5, 0.6) is 17.4 Å². The van der Waals surface area contributed by atoms with Gasteiger partial charge >= 0.3 is 0 Å². The third kappa shape index (κ3) is 4.97. The summed E-state index contributed by atoms with van der Waals surface area (Å²) in [6.07, 6.45) is 3.99. The number of para-hydroxylation sites is 2. The van der Waals surface area contributed by atoms with E-state index < -0.39 is 0 Å². The number of aromatic nitrogens is 1. The number of methoxy groups -OCH3 is 1. The van der Waals surface area contributed by atoms with Gasteiger partial charge in [-0.2, -0.15) is 0 Å². The Labute approximate surface area is 158 Å². The van der Waals surface area contributed by atoms with E-state index in [0.717, 1.165) is 18.4 Å². The van der Waals surface area contributed by atoms with E-state index in [0.29, 0.717) is 30.3 Å². The third-order valence-electron chi connectivity index (χ3n) is 4.36. The van der Waals surface area contributed by atoms with E-state index in [1.54, 1.807) is 36.4 Å². The molecule has 0 radical (unpaired) electrons. The lowest BCUT2D eigenvalue weighted by Crippen LogP contribution is -2.42. The number of nitrogens with zero attached hydrogens (tertiary/aromatic N) is 2. The van der Waals surface area contributed by atoms with Crippen molar-refractivity contribution < 1.29 is 19.1 Å². The fourth-order valence-corrected chi connectivity index (χ4v) is 2.91. The molecule has 1 aromatic carbocycles. The number of hydrogen-bond acceptors (Lipinski definition) is 5. The third-order valence-corrected chi connectivity index (χ3v) is 4.36. The summed E-state index contributed by atoms with van der Waals surface area (Å²) in [6.45, 7) is 0.988. The number of likely N-dealkylation sites (tertiary alicyclic amines) is 1. The summed E-state index contributed by atoms with van der Waals surface area (Å²) in [4.78, 5) is 29.9. The zero-order chi connectivity index (χ0) is 19.1. The van der Waals surface area contributed by atoms with Crippen LogP contribution in [0.15, 0.2) is 42.6 Å². The standard InChI is InChI=1S/C20H23N3O4/c1-26-16-8-2-3-9-17(16)27-20-15(7-6-11-21-20)13-22-18(24)14-23-12-5-4-10-19(23)25/h2-3,6-9,11H,4-5,10,12-14H2,1H3,(H,22,24). The number of ether oxygens (including phenoxy) is 2. The molecule has 2 aromatic rings. The number of rotatable bonds is 7. The largest absolute Gasteiger partial charge is 0.493 e. The second kappa shape index (κ2) is 9.02. The Balaban J connectivity index is 1.62. The Morgan fingerprint density at radius 1 is 1.19 bits per heavy atom. The molecule has 2 amide bonds. The second-order valence-electron chi connectivity index (χ2n) is 6.27. The summed E-state index contributed by atoms with van der Waals surface area (Å²) in [6, 6.07) is 10.9. The molecule has 1 fully saturated rings. The van der Waals surface area contributed by atoms with Gasteiger partial charge in [-0.1, -0.05) is 18.2 Å². The molecule has 27 heavy (non-hydrogen) atoms. The molecule has 1 aliphatic rings. The summed E-state index contributed by atoms with van der Waals surface area (Å²) < 4.78 is 11.2. The van der Waals surface area contributed by atoms with Crippen LogP contribution in [-0.2, 0) is 16.1 Å². The summed E-state index contributed by atoms with van der Waals surface area (Å²) in [5, 5.41) is 2.84. The molecular formula is C20H23N3O4. The van der Waals surface area contributed by atoms with E-state index in [1.165, 1.54) is 0 Å². The Hall–Kier alpha value is -3.09. The summed E-state index contributed by atoms with van der Waals surface area (Å²) in [5.41, 5.74) is 0.738. The second-order valence-corrected chi connectivity index (χ2v) is 6.27. The molecule has 0 saturated carbocycles. The van der Waals surface area contributed by atoms with Crippen LogP contribution in [0.3, 0.4) is 0 Å². The van der Waals surface area contributed by atoms with E-state index in [2.05, 4.69) is 10.3 Å². The van der Waals surface area contributed by atoms with Gasteiger partial charge in [0.05, 0.1) is 13.7 Å². The van der Waals surface area contributed by atoms with Crippen LogP contribution >= 0.6 is 0 Å². The zero-order valence-corrected chi connectivity index (χ0v) is 15.3. The van der Waals surface area contributed by atoms with Crippen molar-refractivity contribution in [1.29, 1.82) is 0 Å². The maximum atomic E-state index is 12.2. The minimum atomic E-state index is -0.197. The zero-order valence-electron chi connectivity index (χ0n) is 15.3. The van der Waals surface area contributed by atoms with E-state index in [9.17, 15) is 9.59 Å². The van der Waals surface area contributed by atoms with E-state index in [-0.39, 0.29) is 24.9 Å². The van der Waals surface area contributed by atoms with Gasteiger partial charge in [-0.05, 0) is 31.0 Å². The molecule has 0 atom stereocenters. The average molecular weight is 369 g/mol. The fraction of sp³-hybridized carbons (Fsp3) is 0.350. The number of amides is 2. The molecule has 1 N–H and O–H groups in total. The molecule has 1 aromatic heterocycles. The van der Waals surface area contributed by atoms with Crippen molar-refractivity contribution in [2.75, 3.05) is 20.2 Å². The van der Waals surface area contributed by atoms with Crippen molar-refractivity contribution in [2.24, 2.45) is 0 Å². The lowest BCUT2D eigenvalue weighted by molar-refractivity contribution is -0.137. The minimum absolute atomic E-state index is 0.0398.